The van der Waals surface area contributed by atoms with Gasteiger partial charge in [0, 0.05) is 12.1 Å². The highest BCUT2D eigenvalue weighted by atomic mass is 16.6. The van der Waals surface area contributed by atoms with E-state index in [4.69, 9.17) is 9.47 Å². The lowest BCUT2D eigenvalue weighted by Gasteiger charge is -2.22. The van der Waals surface area contributed by atoms with Crippen LogP contribution in [0.25, 0.3) is 0 Å². The van der Waals surface area contributed by atoms with Crippen molar-refractivity contribution in [2.75, 3.05) is 13.7 Å². The quantitative estimate of drug-likeness (QED) is 0.747. The third-order valence-electron chi connectivity index (χ3n) is 3.18. The highest BCUT2D eigenvalue weighted by Gasteiger charge is 2.22. The van der Waals surface area contributed by atoms with Gasteiger partial charge in [0.25, 0.3) is 0 Å². The van der Waals surface area contributed by atoms with Crippen LogP contribution in [0.3, 0.4) is 0 Å². The van der Waals surface area contributed by atoms with E-state index in [0.29, 0.717) is 11.3 Å². The molecule has 0 fully saturated rings. The van der Waals surface area contributed by atoms with Crippen molar-refractivity contribution < 1.29 is 24.5 Å². The summed E-state index contributed by atoms with van der Waals surface area (Å²) in [5, 5.41) is 23.0. The normalized spacial score (nSPS) is 14.0. The van der Waals surface area contributed by atoms with Gasteiger partial charge >= 0.3 is 6.09 Å². The van der Waals surface area contributed by atoms with Gasteiger partial charge in [-0.05, 0) is 46.2 Å². The number of hydrogen-bond donors (Lipinski definition) is 3. The average molecular weight is 325 g/mol. The lowest BCUT2D eigenvalue weighted by Crippen LogP contribution is -2.34. The number of alkyl carbamates (subject to hydrolysis) is 1. The lowest BCUT2D eigenvalue weighted by molar-refractivity contribution is 0.0110. The standard InChI is InChI=1S/C17H27NO5/c1-11-6-7-14(22-5)12(10-11)15(20)13(19)8-9-18-16(21)23-17(2,3)4/h6-7,10,13,15,19-20H,8-9H2,1-5H3,(H,18,21). The number of benzene rings is 1. The summed E-state index contributed by atoms with van der Waals surface area (Å²) >= 11 is 0. The Balaban J connectivity index is 2.56. The molecule has 130 valence electrons. The molecular weight excluding hydrogens is 298 g/mol. The molecule has 23 heavy (non-hydrogen) atoms. The van der Waals surface area contributed by atoms with Gasteiger partial charge in [-0.15, -0.1) is 0 Å². The Hall–Kier alpha value is -1.79. The second-order valence-electron chi connectivity index (χ2n) is 6.47. The molecule has 0 saturated heterocycles. The zero-order valence-electron chi connectivity index (χ0n) is 14.4. The number of methoxy groups -OCH3 is 1. The molecule has 2 atom stereocenters. The number of ether oxygens (including phenoxy) is 2. The predicted molar refractivity (Wildman–Crippen MR) is 87.6 cm³/mol. The fourth-order valence-corrected chi connectivity index (χ4v) is 2.09. The van der Waals surface area contributed by atoms with Crippen LogP contribution in [-0.4, -0.2) is 41.7 Å². The summed E-state index contributed by atoms with van der Waals surface area (Å²) in [5.41, 5.74) is 0.910. The fourth-order valence-electron chi connectivity index (χ4n) is 2.09. The first kappa shape index (κ1) is 19.3. The zero-order chi connectivity index (χ0) is 17.6. The maximum absolute atomic E-state index is 11.5. The van der Waals surface area contributed by atoms with Gasteiger partial charge in [0.1, 0.15) is 17.5 Å². The number of nitrogens with one attached hydrogen (secondary N) is 1. The summed E-state index contributed by atoms with van der Waals surface area (Å²) in [6, 6.07) is 5.39. The van der Waals surface area contributed by atoms with Crippen molar-refractivity contribution in [2.45, 2.75) is 51.9 Å². The Morgan fingerprint density at radius 2 is 1.96 bits per heavy atom. The Bertz CT molecular complexity index is 524. The van der Waals surface area contributed by atoms with Crippen molar-refractivity contribution in [3.8, 4) is 5.75 Å². The smallest absolute Gasteiger partial charge is 0.407 e. The van der Waals surface area contributed by atoms with Crippen molar-refractivity contribution in [1.29, 1.82) is 0 Å². The number of aryl methyl sites for hydroxylation is 1. The number of carbonyl (C=O) groups is 1. The average Bonchev–Trinajstić information content (AvgIpc) is 2.44. The number of amides is 1. The molecule has 0 aliphatic carbocycles. The molecular formula is C17H27NO5. The Labute approximate surface area is 137 Å². The van der Waals surface area contributed by atoms with Gasteiger partial charge in [-0.2, -0.15) is 0 Å². The molecule has 0 heterocycles. The van der Waals surface area contributed by atoms with Gasteiger partial charge in [0.2, 0.25) is 0 Å². The molecule has 6 nitrogen and oxygen atoms in total. The van der Waals surface area contributed by atoms with E-state index in [1.807, 2.05) is 13.0 Å². The van der Waals surface area contributed by atoms with E-state index in [9.17, 15) is 15.0 Å². The maximum Gasteiger partial charge on any atom is 0.407 e. The first-order chi connectivity index (χ1) is 10.6. The number of aliphatic hydroxyl groups is 2. The molecule has 1 rings (SSSR count). The first-order valence-corrected chi connectivity index (χ1v) is 7.61. The molecule has 0 saturated carbocycles. The summed E-state index contributed by atoms with van der Waals surface area (Å²) in [4.78, 5) is 11.5. The molecule has 6 heteroatoms. The molecule has 1 aromatic carbocycles. The van der Waals surface area contributed by atoms with Crippen LogP contribution in [0, 0.1) is 6.92 Å². The van der Waals surface area contributed by atoms with Gasteiger partial charge in [-0.1, -0.05) is 11.6 Å². The second-order valence-corrected chi connectivity index (χ2v) is 6.47. The van der Waals surface area contributed by atoms with Crippen LogP contribution >= 0.6 is 0 Å². The van der Waals surface area contributed by atoms with Crippen LogP contribution in [0.1, 0.15) is 44.4 Å². The predicted octanol–water partition coefficient (Wildman–Crippen LogP) is 2.31. The summed E-state index contributed by atoms with van der Waals surface area (Å²) in [6.45, 7) is 7.41. The Morgan fingerprint density at radius 1 is 1.30 bits per heavy atom. The minimum Gasteiger partial charge on any atom is -0.496 e. The second kappa shape index (κ2) is 8.17. The van der Waals surface area contributed by atoms with E-state index in [1.165, 1.54) is 7.11 Å². The lowest BCUT2D eigenvalue weighted by atomic mass is 9.99. The van der Waals surface area contributed by atoms with E-state index < -0.39 is 23.9 Å². The molecule has 0 aliphatic heterocycles. The number of carbonyl (C=O) groups excluding carboxylic acids is 1. The molecule has 0 aliphatic rings. The number of rotatable bonds is 6. The maximum atomic E-state index is 11.5. The molecule has 0 aromatic heterocycles. The molecule has 0 bridgehead atoms. The highest BCUT2D eigenvalue weighted by molar-refractivity contribution is 5.67. The molecule has 1 amide bonds. The Morgan fingerprint density at radius 3 is 2.52 bits per heavy atom. The van der Waals surface area contributed by atoms with Crippen LogP contribution in [0.15, 0.2) is 18.2 Å². The largest absolute Gasteiger partial charge is 0.496 e. The first-order valence-electron chi connectivity index (χ1n) is 7.61. The van der Waals surface area contributed by atoms with E-state index in [0.717, 1.165) is 5.56 Å². The van der Waals surface area contributed by atoms with Crippen LogP contribution < -0.4 is 10.1 Å². The van der Waals surface area contributed by atoms with Crippen molar-refractivity contribution in [3.63, 3.8) is 0 Å². The monoisotopic (exact) mass is 325 g/mol. The van der Waals surface area contributed by atoms with Crippen LogP contribution in [0.2, 0.25) is 0 Å². The molecule has 3 N–H and O–H groups in total. The van der Waals surface area contributed by atoms with Crippen LogP contribution in [0.4, 0.5) is 4.79 Å². The van der Waals surface area contributed by atoms with Crippen molar-refractivity contribution in [3.05, 3.63) is 29.3 Å². The summed E-state index contributed by atoms with van der Waals surface area (Å²) in [7, 11) is 1.51. The molecule has 0 radical (unpaired) electrons. The van der Waals surface area contributed by atoms with E-state index >= 15 is 0 Å². The van der Waals surface area contributed by atoms with Crippen LogP contribution in [-0.2, 0) is 4.74 Å². The van der Waals surface area contributed by atoms with Crippen molar-refractivity contribution >= 4 is 6.09 Å². The number of aliphatic hydroxyl groups excluding tert-OH is 2. The van der Waals surface area contributed by atoms with Gasteiger partial charge < -0.3 is 25.0 Å². The molecule has 2 unspecified atom stereocenters. The third-order valence-corrected chi connectivity index (χ3v) is 3.18. The van der Waals surface area contributed by atoms with Gasteiger partial charge in [0.05, 0.1) is 13.2 Å². The van der Waals surface area contributed by atoms with E-state index in [-0.39, 0.29) is 13.0 Å². The van der Waals surface area contributed by atoms with Crippen molar-refractivity contribution in [2.24, 2.45) is 0 Å². The van der Waals surface area contributed by atoms with E-state index in [1.54, 1.807) is 32.9 Å². The molecule has 0 spiro atoms. The van der Waals surface area contributed by atoms with Crippen LogP contribution in [0.5, 0.6) is 5.75 Å². The zero-order valence-corrected chi connectivity index (χ0v) is 14.4. The topological polar surface area (TPSA) is 88.0 Å². The van der Waals surface area contributed by atoms with Crippen molar-refractivity contribution in [1.82, 2.24) is 5.32 Å². The van der Waals surface area contributed by atoms with E-state index in [2.05, 4.69) is 5.32 Å². The van der Waals surface area contributed by atoms with Gasteiger partial charge in [-0.25, -0.2) is 4.79 Å². The highest BCUT2D eigenvalue weighted by Crippen LogP contribution is 2.29. The minimum absolute atomic E-state index is 0.192. The number of hydrogen-bond acceptors (Lipinski definition) is 5. The fraction of sp³-hybridized carbons (Fsp3) is 0.588. The Kier molecular flexibility index (Phi) is 6.84. The summed E-state index contributed by atoms with van der Waals surface area (Å²) in [5.74, 6) is 0.516. The minimum atomic E-state index is -1.09. The summed E-state index contributed by atoms with van der Waals surface area (Å²) < 4.78 is 10.3. The SMILES string of the molecule is COc1ccc(C)cc1C(O)C(O)CCNC(=O)OC(C)(C)C. The molecule has 1 aromatic rings. The van der Waals surface area contributed by atoms with Gasteiger partial charge in [0.15, 0.2) is 0 Å². The summed E-state index contributed by atoms with van der Waals surface area (Å²) in [6.07, 6.45) is -2.48. The van der Waals surface area contributed by atoms with Gasteiger partial charge in [-0.3, -0.25) is 0 Å². The third kappa shape index (κ3) is 6.46.